The Morgan fingerprint density at radius 1 is 1.44 bits per heavy atom. The van der Waals surface area contributed by atoms with Crippen LogP contribution in [-0.4, -0.2) is 35.0 Å². The monoisotopic (exact) mass is 394 g/mol. The van der Waals surface area contributed by atoms with E-state index in [1.165, 1.54) is 43.6 Å². The van der Waals surface area contributed by atoms with Gasteiger partial charge < -0.3 is 20.5 Å². The van der Waals surface area contributed by atoms with Crippen LogP contribution in [0.5, 0.6) is 5.75 Å². The number of hydrogen-bond donors (Lipinski definition) is 2. The maximum Gasteiger partial charge on any atom is 0.306 e. The second-order valence-electron chi connectivity index (χ2n) is 5.43. The van der Waals surface area contributed by atoms with Crippen molar-refractivity contribution < 1.29 is 24.0 Å². The summed E-state index contributed by atoms with van der Waals surface area (Å²) in [7, 11) is 1.37. The molecule has 11 heteroatoms. The van der Waals surface area contributed by atoms with Crippen LogP contribution in [0, 0.1) is 10.1 Å². The fourth-order valence-electron chi connectivity index (χ4n) is 2.11. The molecule has 2 aromatic rings. The number of esters is 1. The summed E-state index contributed by atoms with van der Waals surface area (Å²) in [4.78, 5) is 39.1. The molecule has 0 radical (unpaired) electrons. The zero-order valence-electron chi connectivity index (χ0n) is 14.6. The van der Waals surface area contributed by atoms with Crippen molar-refractivity contribution in [2.45, 2.75) is 25.9 Å². The number of ether oxygens (including phenoxy) is 2. The molecule has 0 spiro atoms. The van der Waals surface area contributed by atoms with Crippen molar-refractivity contribution in [3.8, 4) is 5.75 Å². The Bertz CT molecular complexity index is 853. The number of thiazole rings is 1. The smallest absolute Gasteiger partial charge is 0.306 e. The molecule has 0 unspecified atom stereocenters. The first kappa shape index (κ1) is 20.1. The number of nitrogens with zero attached hydrogens (tertiary/aromatic N) is 2. The van der Waals surface area contributed by atoms with Crippen molar-refractivity contribution in [3.63, 3.8) is 0 Å². The van der Waals surface area contributed by atoms with E-state index >= 15 is 0 Å². The molecular weight excluding hydrogens is 376 g/mol. The number of methoxy groups -OCH3 is 1. The third kappa shape index (κ3) is 5.64. The number of nitro benzene ring substituents is 1. The molecule has 0 bridgehead atoms. The third-order valence-corrected chi connectivity index (χ3v) is 4.36. The van der Waals surface area contributed by atoms with Gasteiger partial charge in [0, 0.05) is 23.2 Å². The van der Waals surface area contributed by atoms with Crippen molar-refractivity contribution in [1.29, 1.82) is 0 Å². The van der Waals surface area contributed by atoms with Crippen LogP contribution < -0.4 is 15.8 Å². The quantitative estimate of drug-likeness (QED) is 0.393. The summed E-state index contributed by atoms with van der Waals surface area (Å²) in [5.41, 5.74) is 5.42. The second-order valence-corrected chi connectivity index (χ2v) is 6.57. The van der Waals surface area contributed by atoms with E-state index in [9.17, 15) is 19.7 Å². The number of aromatic nitrogens is 1. The number of nitrogen functional groups attached to an aromatic ring is 1. The zero-order chi connectivity index (χ0) is 20.0. The highest BCUT2D eigenvalue weighted by Crippen LogP contribution is 2.29. The number of non-ortho nitro benzene ring substituents is 1. The number of amides is 1. The molecule has 0 aliphatic heterocycles. The predicted molar refractivity (Wildman–Crippen MR) is 98.7 cm³/mol. The Labute approximate surface area is 158 Å². The Morgan fingerprint density at radius 3 is 2.78 bits per heavy atom. The van der Waals surface area contributed by atoms with Crippen molar-refractivity contribution in [2.24, 2.45) is 0 Å². The fraction of sp³-hybridized carbons (Fsp3) is 0.312. The van der Waals surface area contributed by atoms with Crippen LogP contribution in [0.1, 0.15) is 18.2 Å². The number of benzene rings is 1. The Kier molecular flexibility index (Phi) is 6.66. The van der Waals surface area contributed by atoms with Gasteiger partial charge in [-0.25, -0.2) is 4.98 Å². The molecular formula is C16H18N4O6S. The number of carbonyl (C=O) groups excluding carboxylic acids is 2. The molecule has 1 atom stereocenters. The average molecular weight is 394 g/mol. The van der Waals surface area contributed by atoms with Crippen molar-refractivity contribution in [1.82, 2.24) is 4.98 Å². The van der Waals surface area contributed by atoms with E-state index in [0.29, 0.717) is 11.6 Å². The largest absolute Gasteiger partial charge is 0.495 e. The summed E-state index contributed by atoms with van der Waals surface area (Å²) in [6.07, 6.45) is 0.964. The van der Waals surface area contributed by atoms with Gasteiger partial charge in [0.15, 0.2) is 11.2 Å². The Balaban J connectivity index is 1.93. The predicted octanol–water partition coefficient (Wildman–Crippen LogP) is 2.15. The van der Waals surface area contributed by atoms with Gasteiger partial charge in [-0.3, -0.25) is 19.7 Å². The van der Waals surface area contributed by atoms with E-state index in [4.69, 9.17) is 15.2 Å². The van der Waals surface area contributed by atoms with E-state index in [0.717, 1.165) is 4.88 Å². The summed E-state index contributed by atoms with van der Waals surface area (Å²) < 4.78 is 10.2. The van der Waals surface area contributed by atoms with E-state index < -0.39 is 22.9 Å². The SMILES string of the molecule is COc1ccc([N+](=O)[O-])cc1NC(=O)[C@H](C)OC(=O)CCc1cnc(N)s1. The van der Waals surface area contributed by atoms with Gasteiger partial charge in [-0.15, -0.1) is 11.3 Å². The molecule has 0 aliphatic carbocycles. The molecule has 0 saturated heterocycles. The van der Waals surface area contributed by atoms with Gasteiger partial charge in [-0.05, 0) is 19.4 Å². The Morgan fingerprint density at radius 2 is 2.19 bits per heavy atom. The van der Waals surface area contributed by atoms with E-state index in [2.05, 4.69) is 10.3 Å². The lowest BCUT2D eigenvalue weighted by atomic mass is 10.2. The number of anilines is 2. The van der Waals surface area contributed by atoms with Crippen LogP contribution in [0.25, 0.3) is 0 Å². The van der Waals surface area contributed by atoms with Crippen LogP contribution in [-0.2, 0) is 20.7 Å². The highest BCUT2D eigenvalue weighted by atomic mass is 32.1. The molecule has 0 saturated carbocycles. The van der Waals surface area contributed by atoms with Gasteiger partial charge in [0.2, 0.25) is 0 Å². The number of nitrogens with two attached hydrogens (primary N) is 1. The number of aryl methyl sites for hydroxylation is 1. The molecule has 0 aliphatic rings. The summed E-state index contributed by atoms with van der Waals surface area (Å²) >= 11 is 1.28. The van der Waals surface area contributed by atoms with Gasteiger partial charge in [-0.1, -0.05) is 0 Å². The third-order valence-electron chi connectivity index (χ3n) is 3.48. The summed E-state index contributed by atoms with van der Waals surface area (Å²) in [5.74, 6) is -0.949. The van der Waals surface area contributed by atoms with Crippen LogP contribution >= 0.6 is 11.3 Å². The van der Waals surface area contributed by atoms with Gasteiger partial charge in [0.1, 0.15) is 5.75 Å². The van der Waals surface area contributed by atoms with Gasteiger partial charge in [0.25, 0.3) is 11.6 Å². The Hall–Kier alpha value is -3.21. The topological polar surface area (TPSA) is 147 Å². The van der Waals surface area contributed by atoms with Gasteiger partial charge >= 0.3 is 5.97 Å². The molecule has 1 amide bonds. The molecule has 1 aromatic heterocycles. The standard InChI is InChI=1S/C16H18N4O6S/c1-9(26-14(21)6-4-11-8-18-16(17)27-11)15(22)19-12-7-10(20(23)24)3-5-13(12)25-2/h3,5,7-9H,4,6H2,1-2H3,(H2,17,18)(H,19,22)/t9-/m0/s1. The molecule has 27 heavy (non-hydrogen) atoms. The number of nitro groups is 1. The highest BCUT2D eigenvalue weighted by Gasteiger charge is 2.21. The molecule has 3 N–H and O–H groups in total. The maximum absolute atomic E-state index is 12.2. The number of nitrogens with one attached hydrogen (secondary N) is 1. The second kappa shape index (κ2) is 8.94. The van der Waals surface area contributed by atoms with E-state index in [1.807, 2.05) is 0 Å². The minimum Gasteiger partial charge on any atom is -0.495 e. The zero-order valence-corrected chi connectivity index (χ0v) is 15.4. The van der Waals surface area contributed by atoms with Crippen LogP contribution in [0.3, 0.4) is 0 Å². The molecule has 1 aromatic carbocycles. The molecule has 0 fully saturated rings. The van der Waals surface area contributed by atoms with Gasteiger partial charge in [0.05, 0.1) is 24.1 Å². The number of hydrogen-bond acceptors (Lipinski definition) is 9. The lowest BCUT2D eigenvalue weighted by molar-refractivity contribution is -0.384. The first-order valence-electron chi connectivity index (χ1n) is 7.83. The van der Waals surface area contributed by atoms with E-state index in [1.54, 1.807) is 6.20 Å². The van der Waals surface area contributed by atoms with Crippen molar-refractivity contribution in [2.75, 3.05) is 18.2 Å². The highest BCUT2D eigenvalue weighted by molar-refractivity contribution is 7.15. The van der Waals surface area contributed by atoms with Crippen LogP contribution in [0.4, 0.5) is 16.5 Å². The lowest BCUT2D eigenvalue weighted by Gasteiger charge is -2.15. The first-order chi connectivity index (χ1) is 12.8. The number of rotatable bonds is 8. The summed E-state index contributed by atoms with van der Waals surface area (Å²) in [5, 5.41) is 13.8. The fourth-order valence-corrected chi connectivity index (χ4v) is 2.80. The summed E-state index contributed by atoms with van der Waals surface area (Å²) in [6.45, 7) is 1.40. The van der Waals surface area contributed by atoms with E-state index in [-0.39, 0.29) is 23.5 Å². The maximum atomic E-state index is 12.2. The molecule has 144 valence electrons. The number of carbonyl (C=O) groups is 2. The van der Waals surface area contributed by atoms with Crippen LogP contribution in [0.15, 0.2) is 24.4 Å². The first-order valence-corrected chi connectivity index (χ1v) is 8.64. The van der Waals surface area contributed by atoms with Crippen molar-refractivity contribution in [3.05, 3.63) is 39.4 Å². The van der Waals surface area contributed by atoms with Crippen LogP contribution in [0.2, 0.25) is 0 Å². The molecule has 2 rings (SSSR count). The van der Waals surface area contributed by atoms with Crippen molar-refractivity contribution >= 4 is 39.7 Å². The average Bonchev–Trinajstić information content (AvgIpc) is 3.05. The van der Waals surface area contributed by atoms with Gasteiger partial charge in [-0.2, -0.15) is 0 Å². The molecule has 10 nitrogen and oxygen atoms in total. The normalized spacial score (nSPS) is 11.5. The summed E-state index contributed by atoms with van der Waals surface area (Å²) in [6, 6.07) is 3.79. The minimum absolute atomic E-state index is 0.0688. The molecule has 1 heterocycles. The minimum atomic E-state index is -1.09. The lowest BCUT2D eigenvalue weighted by Crippen LogP contribution is -2.30.